The number of thioether (sulfide) groups is 1. The first-order valence-electron chi connectivity index (χ1n) is 9.36. The van der Waals surface area contributed by atoms with Crippen molar-refractivity contribution in [1.82, 2.24) is 10.2 Å². The number of hydrogen-bond donors (Lipinski definition) is 2. The maximum Gasteiger partial charge on any atom is 0.340 e. The smallest absolute Gasteiger partial charge is 0.340 e. The summed E-state index contributed by atoms with van der Waals surface area (Å²) in [7, 11) is 0. The molecular weight excluding hydrogens is 436 g/mol. The van der Waals surface area contributed by atoms with Gasteiger partial charge >= 0.3 is 5.97 Å². The Labute approximate surface area is 187 Å². The number of amides is 2. The van der Waals surface area contributed by atoms with Crippen molar-refractivity contribution in [3.63, 3.8) is 0 Å². The number of nitrogens with zero attached hydrogens (tertiary/aromatic N) is 2. The SMILES string of the molecule is CCOC(=O)c1ccccc1NC(=O)CSc1nnc(NC(=O)c2cccc(C)c2)s1. The second-order valence-electron chi connectivity index (χ2n) is 6.30. The van der Waals surface area contributed by atoms with Crippen molar-refractivity contribution in [2.24, 2.45) is 0 Å². The second-order valence-corrected chi connectivity index (χ2v) is 8.50. The van der Waals surface area contributed by atoms with Crippen molar-refractivity contribution in [2.75, 3.05) is 23.0 Å². The summed E-state index contributed by atoms with van der Waals surface area (Å²) in [6.45, 7) is 3.87. The summed E-state index contributed by atoms with van der Waals surface area (Å²) in [6.07, 6.45) is 0. The number of nitrogens with one attached hydrogen (secondary N) is 2. The molecule has 0 radical (unpaired) electrons. The molecule has 2 N–H and O–H groups in total. The van der Waals surface area contributed by atoms with Gasteiger partial charge < -0.3 is 10.1 Å². The number of anilines is 2. The molecule has 0 aliphatic rings. The van der Waals surface area contributed by atoms with Crippen molar-refractivity contribution in [3.05, 3.63) is 65.2 Å². The zero-order chi connectivity index (χ0) is 22.2. The van der Waals surface area contributed by atoms with Gasteiger partial charge in [-0.3, -0.25) is 14.9 Å². The highest BCUT2D eigenvalue weighted by Gasteiger charge is 2.15. The van der Waals surface area contributed by atoms with Crippen LogP contribution in [-0.2, 0) is 9.53 Å². The van der Waals surface area contributed by atoms with E-state index in [1.165, 1.54) is 23.1 Å². The predicted molar refractivity (Wildman–Crippen MR) is 121 cm³/mol. The number of carbonyl (C=O) groups excluding carboxylic acids is 3. The monoisotopic (exact) mass is 456 g/mol. The highest BCUT2D eigenvalue weighted by molar-refractivity contribution is 8.01. The van der Waals surface area contributed by atoms with E-state index >= 15 is 0 Å². The molecule has 0 saturated heterocycles. The molecule has 10 heteroatoms. The van der Waals surface area contributed by atoms with E-state index in [9.17, 15) is 14.4 Å². The minimum atomic E-state index is -0.496. The number of aryl methyl sites for hydroxylation is 1. The molecule has 2 amide bonds. The number of benzene rings is 2. The maximum absolute atomic E-state index is 12.3. The zero-order valence-electron chi connectivity index (χ0n) is 16.9. The van der Waals surface area contributed by atoms with Crippen LogP contribution in [0.3, 0.4) is 0 Å². The van der Waals surface area contributed by atoms with Crippen LogP contribution in [0.15, 0.2) is 52.9 Å². The average Bonchev–Trinajstić information content (AvgIpc) is 3.20. The molecule has 0 fully saturated rings. The van der Waals surface area contributed by atoms with Gasteiger partial charge in [0.05, 0.1) is 23.6 Å². The third-order valence-electron chi connectivity index (χ3n) is 3.93. The lowest BCUT2D eigenvalue weighted by atomic mass is 10.1. The van der Waals surface area contributed by atoms with E-state index in [1.807, 2.05) is 19.1 Å². The topological polar surface area (TPSA) is 110 Å². The third kappa shape index (κ3) is 6.37. The molecule has 0 spiro atoms. The molecular formula is C21H20N4O4S2. The Bertz CT molecular complexity index is 1100. The number of carbonyl (C=O) groups is 3. The van der Waals surface area contributed by atoms with Gasteiger partial charge in [0.2, 0.25) is 11.0 Å². The number of para-hydroxylation sites is 1. The first-order chi connectivity index (χ1) is 15.0. The quantitative estimate of drug-likeness (QED) is 0.299. The van der Waals surface area contributed by atoms with Crippen LogP contribution in [0, 0.1) is 6.92 Å². The van der Waals surface area contributed by atoms with Crippen molar-refractivity contribution in [1.29, 1.82) is 0 Å². The van der Waals surface area contributed by atoms with Gasteiger partial charge in [-0.25, -0.2) is 4.79 Å². The van der Waals surface area contributed by atoms with Crippen LogP contribution >= 0.6 is 23.1 Å². The van der Waals surface area contributed by atoms with Crippen LogP contribution in [0.1, 0.15) is 33.2 Å². The van der Waals surface area contributed by atoms with E-state index in [0.717, 1.165) is 5.56 Å². The van der Waals surface area contributed by atoms with Crippen LogP contribution < -0.4 is 10.6 Å². The molecule has 0 bridgehead atoms. The lowest BCUT2D eigenvalue weighted by Crippen LogP contribution is -2.17. The number of aromatic nitrogens is 2. The van der Waals surface area contributed by atoms with Gasteiger partial charge in [-0.15, -0.1) is 10.2 Å². The largest absolute Gasteiger partial charge is 0.462 e. The maximum atomic E-state index is 12.3. The lowest BCUT2D eigenvalue weighted by Gasteiger charge is -2.09. The Balaban J connectivity index is 1.54. The summed E-state index contributed by atoms with van der Waals surface area (Å²) < 4.78 is 5.54. The third-order valence-corrected chi connectivity index (χ3v) is 5.90. The van der Waals surface area contributed by atoms with Gasteiger partial charge in [-0.1, -0.05) is 52.9 Å². The van der Waals surface area contributed by atoms with Crippen LogP contribution in [0.4, 0.5) is 10.8 Å². The molecule has 3 rings (SSSR count). The van der Waals surface area contributed by atoms with Gasteiger partial charge in [0.15, 0.2) is 4.34 Å². The summed E-state index contributed by atoms with van der Waals surface area (Å²) in [5, 5.41) is 13.7. The normalized spacial score (nSPS) is 10.4. The average molecular weight is 457 g/mol. The molecule has 160 valence electrons. The summed E-state index contributed by atoms with van der Waals surface area (Å²) >= 11 is 2.36. The first kappa shape index (κ1) is 22.4. The first-order valence-corrected chi connectivity index (χ1v) is 11.2. The zero-order valence-corrected chi connectivity index (χ0v) is 18.5. The minimum Gasteiger partial charge on any atom is -0.462 e. The van der Waals surface area contributed by atoms with Crippen molar-refractivity contribution in [3.8, 4) is 0 Å². The standard InChI is InChI=1S/C21H20N4O4S2/c1-3-29-19(28)15-9-4-5-10-16(15)22-17(26)12-30-21-25-24-20(31-21)23-18(27)14-8-6-7-13(2)11-14/h4-11H,3,12H2,1-2H3,(H,22,26)(H,23,24,27). The highest BCUT2D eigenvalue weighted by Crippen LogP contribution is 2.26. The molecule has 0 unspecified atom stereocenters. The van der Waals surface area contributed by atoms with Gasteiger partial charge in [0, 0.05) is 5.56 Å². The lowest BCUT2D eigenvalue weighted by molar-refractivity contribution is -0.113. The summed E-state index contributed by atoms with van der Waals surface area (Å²) in [4.78, 5) is 36.6. The van der Waals surface area contributed by atoms with E-state index in [1.54, 1.807) is 43.3 Å². The molecule has 0 aliphatic carbocycles. The fraction of sp³-hybridized carbons (Fsp3) is 0.190. The van der Waals surface area contributed by atoms with E-state index in [4.69, 9.17) is 4.74 Å². The van der Waals surface area contributed by atoms with E-state index in [0.29, 0.717) is 26.3 Å². The second kappa shape index (κ2) is 10.7. The van der Waals surface area contributed by atoms with Crippen LogP contribution in [-0.4, -0.2) is 40.3 Å². The molecule has 0 atom stereocenters. The van der Waals surface area contributed by atoms with Crippen LogP contribution in [0.2, 0.25) is 0 Å². The van der Waals surface area contributed by atoms with Crippen LogP contribution in [0.25, 0.3) is 0 Å². The Kier molecular flexibility index (Phi) is 7.74. The Hall–Kier alpha value is -3.24. The van der Waals surface area contributed by atoms with Gasteiger partial charge in [0.1, 0.15) is 0 Å². The molecule has 8 nitrogen and oxygen atoms in total. The Morgan fingerprint density at radius 1 is 1.06 bits per heavy atom. The van der Waals surface area contributed by atoms with Crippen molar-refractivity contribution < 1.29 is 19.1 Å². The van der Waals surface area contributed by atoms with Crippen molar-refractivity contribution >= 4 is 51.7 Å². The number of esters is 1. The summed E-state index contributed by atoms with van der Waals surface area (Å²) in [5.41, 5.74) is 2.19. The van der Waals surface area contributed by atoms with E-state index in [2.05, 4.69) is 20.8 Å². The van der Waals surface area contributed by atoms with Crippen LogP contribution in [0.5, 0.6) is 0 Å². The predicted octanol–water partition coefficient (Wildman–Crippen LogP) is 4.01. The Morgan fingerprint density at radius 3 is 2.65 bits per heavy atom. The molecule has 31 heavy (non-hydrogen) atoms. The van der Waals surface area contributed by atoms with Gasteiger partial charge in [-0.05, 0) is 38.1 Å². The molecule has 1 aromatic heterocycles. The molecule has 1 heterocycles. The highest BCUT2D eigenvalue weighted by atomic mass is 32.2. The van der Waals surface area contributed by atoms with Gasteiger partial charge in [0.25, 0.3) is 5.91 Å². The number of rotatable bonds is 8. The number of hydrogen-bond acceptors (Lipinski definition) is 8. The summed E-state index contributed by atoms with van der Waals surface area (Å²) in [6, 6.07) is 13.9. The Morgan fingerprint density at radius 2 is 1.87 bits per heavy atom. The van der Waals surface area contributed by atoms with Gasteiger partial charge in [-0.2, -0.15) is 0 Å². The van der Waals surface area contributed by atoms with Crippen molar-refractivity contribution in [2.45, 2.75) is 18.2 Å². The molecule has 0 aliphatic heterocycles. The number of ether oxygens (including phenoxy) is 1. The fourth-order valence-electron chi connectivity index (χ4n) is 2.57. The fourth-order valence-corrected chi connectivity index (χ4v) is 4.11. The minimum absolute atomic E-state index is 0.0671. The molecule has 3 aromatic rings. The summed E-state index contributed by atoms with van der Waals surface area (Å²) in [5.74, 6) is -1.01. The molecule has 2 aromatic carbocycles. The molecule has 0 saturated carbocycles. The van der Waals surface area contributed by atoms with E-state index in [-0.39, 0.29) is 24.2 Å². The van der Waals surface area contributed by atoms with E-state index < -0.39 is 5.97 Å².